The van der Waals surface area contributed by atoms with E-state index in [1.54, 1.807) is 13.1 Å². The molecule has 0 bridgehead atoms. The summed E-state index contributed by atoms with van der Waals surface area (Å²) in [5, 5.41) is 19.2. The van der Waals surface area contributed by atoms with Crippen molar-refractivity contribution in [2.75, 3.05) is 17.2 Å². The van der Waals surface area contributed by atoms with Gasteiger partial charge in [0, 0.05) is 24.8 Å². The Morgan fingerprint density at radius 2 is 2.22 bits per heavy atom. The van der Waals surface area contributed by atoms with Crippen LogP contribution in [0.5, 0.6) is 0 Å². The average molecular weight is 311 g/mol. The molecule has 6 heteroatoms. The Bertz CT molecular complexity index is 727. The van der Waals surface area contributed by atoms with E-state index < -0.39 is 6.10 Å². The molecule has 0 fully saturated rings. The normalized spacial score (nSPS) is 13.9. The number of rotatable bonds is 5. The first kappa shape index (κ1) is 15.3. The maximum absolute atomic E-state index is 9.51. The number of pyridine rings is 2. The van der Waals surface area contributed by atoms with E-state index in [4.69, 9.17) is 0 Å². The number of nitrogens with zero attached hydrogens (tertiary/aromatic N) is 2. The largest absolute Gasteiger partial charge is 0.392 e. The molecule has 0 spiro atoms. The third kappa shape index (κ3) is 3.78. The van der Waals surface area contributed by atoms with Crippen molar-refractivity contribution in [3.8, 4) is 0 Å². The van der Waals surface area contributed by atoms with Gasteiger partial charge in [-0.3, -0.25) is 0 Å². The highest BCUT2D eigenvalue weighted by Gasteiger charge is 2.14. The summed E-state index contributed by atoms with van der Waals surface area (Å²) in [4.78, 5) is 8.94. The number of aryl methyl sites for hydroxylation is 1. The molecule has 4 N–H and O–H groups in total. The topological polar surface area (TPSA) is 82.1 Å². The average Bonchev–Trinajstić information content (AvgIpc) is 2.52. The van der Waals surface area contributed by atoms with Crippen LogP contribution in [-0.4, -0.2) is 27.7 Å². The maximum Gasteiger partial charge on any atom is 0.134 e. The molecule has 2 aromatic rings. The summed E-state index contributed by atoms with van der Waals surface area (Å²) in [6.07, 6.45) is 5.28. The van der Waals surface area contributed by atoms with Gasteiger partial charge in [0.05, 0.1) is 6.10 Å². The quantitative estimate of drug-likeness (QED) is 0.679. The highest BCUT2D eigenvalue weighted by Crippen LogP contribution is 2.26. The number of nitrogens with one attached hydrogen (secondary N) is 3. The highest BCUT2D eigenvalue weighted by molar-refractivity contribution is 5.69. The summed E-state index contributed by atoms with van der Waals surface area (Å²) >= 11 is 0. The van der Waals surface area contributed by atoms with E-state index in [-0.39, 0.29) is 0 Å². The van der Waals surface area contributed by atoms with E-state index >= 15 is 0 Å². The van der Waals surface area contributed by atoms with Crippen molar-refractivity contribution in [2.24, 2.45) is 0 Å². The van der Waals surface area contributed by atoms with Gasteiger partial charge in [-0.2, -0.15) is 0 Å². The minimum atomic E-state index is -0.436. The molecule has 0 saturated carbocycles. The van der Waals surface area contributed by atoms with Crippen molar-refractivity contribution >= 4 is 23.5 Å². The summed E-state index contributed by atoms with van der Waals surface area (Å²) in [5.74, 6) is 2.26. The van der Waals surface area contributed by atoms with Crippen molar-refractivity contribution in [2.45, 2.75) is 26.5 Å². The lowest BCUT2D eigenvalue weighted by Gasteiger charge is -2.19. The van der Waals surface area contributed by atoms with Crippen LogP contribution in [0.2, 0.25) is 0 Å². The zero-order chi connectivity index (χ0) is 16.2. The molecule has 120 valence electrons. The molecule has 0 aliphatic carbocycles. The second-order valence-corrected chi connectivity index (χ2v) is 5.71. The van der Waals surface area contributed by atoms with Crippen LogP contribution in [0.25, 0.3) is 6.08 Å². The standard InChI is InChI=1S/C17H21N5O/c1-11-3-6-19-15(7-11)21-16-8-13-4-5-18-10-14(13)17(22-16)20-9-12(2)23/h3-8,12,18,23H,9-10H2,1-2H3,(H2,19,20,21,22)/t12-/m0/s1. The third-order valence-electron chi connectivity index (χ3n) is 3.55. The van der Waals surface area contributed by atoms with Crippen molar-refractivity contribution in [3.63, 3.8) is 0 Å². The molecular weight excluding hydrogens is 290 g/mol. The van der Waals surface area contributed by atoms with Gasteiger partial charge in [-0.05, 0) is 55.4 Å². The molecule has 3 rings (SSSR count). The molecular formula is C17H21N5O. The molecule has 1 atom stereocenters. The van der Waals surface area contributed by atoms with Gasteiger partial charge in [-0.25, -0.2) is 9.97 Å². The maximum atomic E-state index is 9.51. The Balaban J connectivity index is 1.91. The van der Waals surface area contributed by atoms with Gasteiger partial charge in [-0.1, -0.05) is 0 Å². The Kier molecular flexibility index (Phi) is 4.43. The molecule has 3 heterocycles. The van der Waals surface area contributed by atoms with E-state index in [2.05, 4.69) is 25.9 Å². The smallest absolute Gasteiger partial charge is 0.134 e. The summed E-state index contributed by atoms with van der Waals surface area (Å²) in [6, 6.07) is 5.93. The summed E-state index contributed by atoms with van der Waals surface area (Å²) in [6.45, 7) is 4.94. The lowest BCUT2D eigenvalue weighted by molar-refractivity contribution is 0.208. The van der Waals surface area contributed by atoms with Crippen molar-refractivity contribution in [1.29, 1.82) is 0 Å². The molecule has 0 radical (unpaired) electrons. The zero-order valence-electron chi connectivity index (χ0n) is 13.3. The lowest BCUT2D eigenvalue weighted by atomic mass is 10.1. The number of fused-ring (bicyclic) bond motifs is 1. The molecule has 0 unspecified atom stereocenters. The van der Waals surface area contributed by atoms with Gasteiger partial charge in [-0.15, -0.1) is 0 Å². The van der Waals surface area contributed by atoms with Crippen molar-refractivity contribution in [1.82, 2.24) is 15.3 Å². The zero-order valence-corrected chi connectivity index (χ0v) is 13.3. The van der Waals surface area contributed by atoms with Crippen LogP contribution < -0.4 is 16.0 Å². The fourth-order valence-electron chi connectivity index (χ4n) is 2.43. The number of hydrogen-bond donors (Lipinski definition) is 4. The van der Waals surface area contributed by atoms with Crippen LogP contribution in [0.15, 0.2) is 30.6 Å². The SMILES string of the molecule is Cc1ccnc(Nc2cc3c(c(NC[C@H](C)O)n2)CNC=C3)c1. The molecule has 6 nitrogen and oxygen atoms in total. The Labute approximate surface area is 135 Å². The van der Waals surface area contributed by atoms with E-state index in [1.807, 2.05) is 37.4 Å². The number of hydrogen-bond acceptors (Lipinski definition) is 6. The second kappa shape index (κ2) is 6.66. The second-order valence-electron chi connectivity index (χ2n) is 5.71. The van der Waals surface area contributed by atoms with E-state index in [0.717, 1.165) is 34.1 Å². The molecule has 0 amide bonds. The molecule has 1 aliphatic rings. The Hall–Kier alpha value is -2.60. The van der Waals surface area contributed by atoms with Gasteiger partial charge in [0.25, 0.3) is 0 Å². The van der Waals surface area contributed by atoms with E-state index in [9.17, 15) is 5.11 Å². The van der Waals surface area contributed by atoms with Crippen LogP contribution in [-0.2, 0) is 6.54 Å². The Morgan fingerprint density at radius 1 is 1.35 bits per heavy atom. The highest BCUT2D eigenvalue weighted by atomic mass is 16.3. The fraction of sp³-hybridized carbons (Fsp3) is 0.294. The minimum Gasteiger partial charge on any atom is -0.392 e. The molecule has 23 heavy (non-hydrogen) atoms. The first-order valence-electron chi connectivity index (χ1n) is 7.67. The first-order valence-corrected chi connectivity index (χ1v) is 7.67. The van der Waals surface area contributed by atoms with Gasteiger partial charge in [0.15, 0.2) is 0 Å². The number of aliphatic hydroxyl groups is 1. The van der Waals surface area contributed by atoms with Crippen LogP contribution >= 0.6 is 0 Å². The minimum absolute atomic E-state index is 0.436. The number of anilines is 3. The first-order chi connectivity index (χ1) is 11.1. The molecule has 1 aliphatic heterocycles. The molecule has 0 aromatic carbocycles. The third-order valence-corrected chi connectivity index (χ3v) is 3.55. The Morgan fingerprint density at radius 3 is 3.00 bits per heavy atom. The van der Waals surface area contributed by atoms with Crippen LogP contribution in [0.4, 0.5) is 17.5 Å². The monoisotopic (exact) mass is 311 g/mol. The van der Waals surface area contributed by atoms with Gasteiger partial charge < -0.3 is 21.1 Å². The lowest BCUT2D eigenvalue weighted by Crippen LogP contribution is -2.20. The summed E-state index contributed by atoms with van der Waals surface area (Å²) < 4.78 is 0. The van der Waals surface area contributed by atoms with Gasteiger partial charge in [0.1, 0.15) is 17.5 Å². The van der Waals surface area contributed by atoms with E-state index in [0.29, 0.717) is 13.1 Å². The molecule has 0 saturated heterocycles. The summed E-state index contributed by atoms with van der Waals surface area (Å²) in [7, 11) is 0. The van der Waals surface area contributed by atoms with Crippen LogP contribution in [0, 0.1) is 6.92 Å². The van der Waals surface area contributed by atoms with E-state index in [1.165, 1.54) is 0 Å². The predicted molar refractivity (Wildman–Crippen MR) is 92.5 cm³/mol. The molecule has 2 aromatic heterocycles. The number of aliphatic hydroxyl groups excluding tert-OH is 1. The van der Waals surface area contributed by atoms with Crippen LogP contribution in [0.3, 0.4) is 0 Å². The van der Waals surface area contributed by atoms with Crippen molar-refractivity contribution in [3.05, 3.63) is 47.3 Å². The van der Waals surface area contributed by atoms with Crippen molar-refractivity contribution < 1.29 is 5.11 Å². The van der Waals surface area contributed by atoms with Gasteiger partial charge >= 0.3 is 0 Å². The predicted octanol–water partition coefficient (Wildman–Crippen LogP) is 2.40. The van der Waals surface area contributed by atoms with Gasteiger partial charge in [0.2, 0.25) is 0 Å². The number of aromatic nitrogens is 2. The fourth-order valence-corrected chi connectivity index (χ4v) is 2.43. The van der Waals surface area contributed by atoms with Crippen LogP contribution in [0.1, 0.15) is 23.6 Å². The summed E-state index contributed by atoms with van der Waals surface area (Å²) in [5.41, 5.74) is 3.33.